The average Bonchev–Trinajstić information content (AvgIpc) is 2.63. The van der Waals surface area contributed by atoms with Gasteiger partial charge in [-0.05, 0) is 18.5 Å². The maximum absolute atomic E-state index is 5.44. The first-order valence-electron chi connectivity index (χ1n) is 4.02. The van der Waals surface area contributed by atoms with E-state index in [4.69, 9.17) is 4.74 Å². The van der Waals surface area contributed by atoms with E-state index < -0.39 is 0 Å². The maximum atomic E-state index is 5.44. The molecular weight excluding hydrogens is 200 g/mol. The molecule has 72 valence electrons. The molecule has 0 radical (unpaired) electrons. The lowest BCUT2D eigenvalue weighted by atomic mass is 10.4. The summed E-state index contributed by atoms with van der Waals surface area (Å²) in [5.41, 5.74) is 0.909. The Bertz CT molecular complexity index is 403. The van der Waals surface area contributed by atoms with E-state index in [1.54, 1.807) is 12.4 Å². The minimum absolute atomic E-state index is 0.469. The van der Waals surface area contributed by atoms with Gasteiger partial charge in [-0.3, -0.25) is 0 Å². The van der Waals surface area contributed by atoms with Crippen LogP contribution in [0.5, 0.6) is 5.75 Å². The predicted molar refractivity (Wildman–Crippen MR) is 51.0 cm³/mol. The van der Waals surface area contributed by atoms with Crippen LogP contribution in [0.4, 0.5) is 0 Å². The second-order valence-corrected chi connectivity index (χ2v) is 3.48. The summed E-state index contributed by atoms with van der Waals surface area (Å²) >= 11 is 1.34. The molecule has 0 aliphatic heterocycles. The van der Waals surface area contributed by atoms with Crippen molar-refractivity contribution in [3.8, 4) is 5.75 Å². The van der Waals surface area contributed by atoms with Crippen LogP contribution in [-0.2, 0) is 6.61 Å². The molecule has 0 saturated heterocycles. The van der Waals surface area contributed by atoms with E-state index >= 15 is 0 Å². The van der Waals surface area contributed by atoms with Gasteiger partial charge in [0.25, 0.3) is 0 Å². The molecule has 2 rings (SSSR count). The number of aromatic nitrogens is 4. The van der Waals surface area contributed by atoms with Crippen LogP contribution in [0.15, 0.2) is 18.7 Å². The molecule has 0 bridgehead atoms. The summed E-state index contributed by atoms with van der Waals surface area (Å²) in [6.45, 7) is 2.38. The molecule has 6 heteroatoms. The van der Waals surface area contributed by atoms with Crippen LogP contribution in [0.3, 0.4) is 0 Å². The number of hydrogen-bond donors (Lipinski definition) is 0. The zero-order valence-electron chi connectivity index (χ0n) is 7.54. The van der Waals surface area contributed by atoms with E-state index in [1.165, 1.54) is 17.9 Å². The van der Waals surface area contributed by atoms with Crippen molar-refractivity contribution in [1.29, 1.82) is 0 Å². The van der Waals surface area contributed by atoms with E-state index in [-0.39, 0.29) is 0 Å². The van der Waals surface area contributed by atoms with Gasteiger partial charge in [0.2, 0.25) is 0 Å². The van der Waals surface area contributed by atoms with Crippen molar-refractivity contribution in [1.82, 2.24) is 19.6 Å². The molecule has 0 aliphatic rings. The topological polar surface area (TPSA) is 60.8 Å². The third-order valence-corrected chi connectivity index (χ3v) is 2.45. The number of aryl methyl sites for hydroxylation is 1. The van der Waals surface area contributed by atoms with E-state index in [2.05, 4.69) is 19.6 Å². The first kappa shape index (κ1) is 9.01. The Labute approximate surface area is 85.0 Å². The Balaban J connectivity index is 1.99. The number of hydrogen-bond acceptors (Lipinski definition) is 6. The highest BCUT2D eigenvalue weighted by molar-refractivity contribution is 7.05. The van der Waals surface area contributed by atoms with Gasteiger partial charge in [-0.25, -0.2) is 9.97 Å². The Morgan fingerprint density at radius 3 is 2.79 bits per heavy atom. The molecule has 0 aliphatic carbocycles. The van der Waals surface area contributed by atoms with Crippen molar-refractivity contribution >= 4 is 11.5 Å². The zero-order valence-corrected chi connectivity index (χ0v) is 8.36. The Hall–Kier alpha value is -1.56. The summed E-state index contributed by atoms with van der Waals surface area (Å²) in [6, 6.07) is 0. The maximum Gasteiger partial charge on any atom is 0.156 e. The van der Waals surface area contributed by atoms with Crippen LogP contribution in [0.25, 0.3) is 0 Å². The second-order valence-electron chi connectivity index (χ2n) is 2.64. The van der Waals surface area contributed by atoms with Crippen LogP contribution in [-0.4, -0.2) is 19.6 Å². The Morgan fingerprint density at radius 1 is 1.36 bits per heavy atom. The summed E-state index contributed by atoms with van der Waals surface area (Å²) < 4.78 is 9.25. The lowest BCUT2D eigenvalue weighted by Gasteiger charge is -2.02. The summed E-state index contributed by atoms with van der Waals surface area (Å²) in [6.07, 6.45) is 4.71. The van der Waals surface area contributed by atoms with E-state index in [9.17, 15) is 0 Å². The third kappa shape index (κ3) is 2.02. The van der Waals surface area contributed by atoms with Gasteiger partial charge >= 0.3 is 0 Å². The monoisotopic (exact) mass is 208 g/mol. The molecule has 0 amide bonds. The van der Waals surface area contributed by atoms with Crippen LogP contribution < -0.4 is 4.74 Å². The van der Waals surface area contributed by atoms with Crippen molar-refractivity contribution in [3.63, 3.8) is 0 Å². The first-order valence-corrected chi connectivity index (χ1v) is 4.79. The van der Waals surface area contributed by atoms with Gasteiger partial charge in [0.1, 0.15) is 12.9 Å². The standard InChI is InChI=1S/C8H8N4OS/c1-6-8(14-12-11-6)4-13-7-2-9-5-10-3-7/h2-3,5H,4H2,1H3. The van der Waals surface area contributed by atoms with Gasteiger partial charge in [-0.2, -0.15) is 0 Å². The van der Waals surface area contributed by atoms with Crippen molar-refractivity contribution < 1.29 is 4.74 Å². The van der Waals surface area contributed by atoms with Crippen LogP contribution in [0.1, 0.15) is 10.6 Å². The smallest absolute Gasteiger partial charge is 0.156 e. The van der Waals surface area contributed by atoms with Gasteiger partial charge < -0.3 is 4.74 Å². The summed E-state index contributed by atoms with van der Waals surface area (Å²) in [5.74, 6) is 0.653. The molecule has 2 heterocycles. The van der Waals surface area contributed by atoms with Crippen molar-refractivity contribution in [3.05, 3.63) is 29.3 Å². The molecule has 2 aromatic heterocycles. The highest BCUT2D eigenvalue weighted by atomic mass is 32.1. The van der Waals surface area contributed by atoms with E-state index in [1.807, 2.05) is 6.92 Å². The minimum atomic E-state index is 0.469. The third-order valence-electron chi connectivity index (χ3n) is 1.65. The van der Waals surface area contributed by atoms with Gasteiger partial charge in [-0.1, -0.05) is 4.49 Å². The molecule has 0 N–H and O–H groups in total. The summed E-state index contributed by atoms with van der Waals surface area (Å²) in [4.78, 5) is 8.71. The molecule has 0 aromatic carbocycles. The molecule has 0 atom stereocenters. The van der Waals surface area contributed by atoms with Crippen LogP contribution >= 0.6 is 11.5 Å². The van der Waals surface area contributed by atoms with E-state index in [0.717, 1.165) is 10.6 Å². The van der Waals surface area contributed by atoms with Gasteiger partial charge in [0.15, 0.2) is 5.75 Å². The molecular formula is C8H8N4OS. The molecule has 0 fully saturated rings. The average molecular weight is 208 g/mol. The highest BCUT2D eigenvalue weighted by Gasteiger charge is 2.03. The summed E-state index contributed by atoms with van der Waals surface area (Å²) in [5, 5.41) is 3.89. The molecule has 2 aromatic rings. The molecule has 0 spiro atoms. The van der Waals surface area contributed by atoms with Gasteiger partial charge in [0.05, 0.1) is 23.0 Å². The normalized spacial score (nSPS) is 10.1. The van der Waals surface area contributed by atoms with Crippen LogP contribution in [0.2, 0.25) is 0 Å². The van der Waals surface area contributed by atoms with E-state index in [0.29, 0.717) is 12.4 Å². The second kappa shape index (κ2) is 4.10. The lowest BCUT2D eigenvalue weighted by molar-refractivity contribution is 0.306. The summed E-state index contributed by atoms with van der Waals surface area (Å²) in [7, 11) is 0. The fraction of sp³-hybridized carbons (Fsp3) is 0.250. The fourth-order valence-electron chi connectivity index (χ4n) is 0.892. The first-order chi connectivity index (χ1) is 6.86. The van der Waals surface area contributed by atoms with Crippen molar-refractivity contribution in [2.45, 2.75) is 13.5 Å². The van der Waals surface area contributed by atoms with Gasteiger partial charge in [-0.15, -0.1) is 5.10 Å². The number of rotatable bonds is 3. The molecule has 0 saturated carbocycles. The van der Waals surface area contributed by atoms with Crippen molar-refractivity contribution in [2.24, 2.45) is 0 Å². The minimum Gasteiger partial charge on any atom is -0.485 e. The van der Waals surface area contributed by atoms with Crippen molar-refractivity contribution in [2.75, 3.05) is 0 Å². The zero-order chi connectivity index (χ0) is 9.80. The molecule has 0 unspecified atom stereocenters. The molecule has 14 heavy (non-hydrogen) atoms. The molecule has 5 nitrogen and oxygen atoms in total. The number of nitrogens with zero attached hydrogens (tertiary/aromatic N) is 4. The predicted octanol–water partition coefficient (Wildman–Crippen LogP) is 1.22. The van der Waals surface area contributed by atoms with Gasteiger partial charge in [0, 0.05) is 0 Å². The highest BCUT2D eigenvalue weighted by Crippen LogP contribution is 2.13. The number of ether oxygens (including phenoxy) is 1. The van der Waals surface area contributed by atoms with Crippen LogP contribution in [0, 0.1) is 6.92 Å². The quantitative estimate of drug-likeness (QED) is 0.758. The SMILES string of the molecule is Cc1nnsc1COc1cncnc1. The largest absolute Gasteiger partial charge is 0.485 e. The Kier molecular flexibility index (Phi) is 2.64. The fourth-order valence-corrected chi connectivity index (χ4v) is 1.44. The lowest BCUT2D eigenvalue weighted by Crippen LogP contribution is -1.95. The Morgan fingerprint density at radius 2 is 2.14 bits per heavy atom.